The number of unbranched alkanes of at least 4 members (excludes halogenated alkanes) is 1. The summed E-state index contributed by atoms with van der Waals surface area (Å²) in [5.41, 5.74) is 1.14. The zero-order valence-electron chi connectivity index (χ0n) is 17.4. The van der Waals surface area contributed by atoms with E-state index in [1.807, 2.05) is 0 Å². The summed E-state index contributed by atoms with van der Waals surface area (Å²) in [6.45, 7) is 2.21. The van der Waals surface area contributed by atoms with Crippen molar-refractivity contribution in [3.05, 3.63) is 87.0 Å². The molecule has 9 heteroatoms. The van der Waals surface area contributed by atoms with Crippen LogP contribution in [-0.2, 0) is 13.0 Å². The van der Waals surface area contributed by atoms with Gasteiger partial charge in [0.2, 0.25) is 4.96 Å². The number of carbonyl (C=O) groups excluding carboxylic acids is 1. The van der Waals surface area contributed by atoms with Crippen molar-refractivity contribution in [2.24, 2.45) is 0 Å². The minimum Gasteiger partial charge on any atom is -0.487 e. The van der Waals surface area contributed by atoms with Gasteiger partial charge in [0.25, 0.3) is 11.5 Å². The highest BCUT2D eigenvalue weighted by atomic mass is 32.1. The van der Waals surface area contributed by atoms with E-state index >= 15 is 0 Å². The first kappa shape index (κ1) is 21.6. The largest absolute Gasteiger partial charge is 0.487 e. The average Bonchev–Trinajstić information content (AvgIpc) is 3.20. The first-order valence-electron chi connectivity index (χ1n) is 10.2. The van der Waals surface area contributed by atoms with Gasteiger partial charge in [-0.1, -0.05) is 30.7 Å². The van der Waals surface area contributed by atoms with E-state index in [2.05, 4.69) is 22.3 Å². The van der Waals surface area contributed by atoms with Crippen molar-refractivity contribution in [3.8, 4) is 5.75 Å². The van der Waals surface area contributed by atoms with E-state index in [0.29, 0.717) is 27.7 Å². The summed E-state index contributed by atoms with van der Waals surface area (Å²) in [4.78, 5) is 29.7. The van der Waals surface area contributed by atoms with Crippen molar-refractivity contribution in [3.63, 3.8) is 0 Å². The zero-order chi connectivity index (χ0) is 22.5. The number of hydrogen-bond acceptors (Lipinski definition) is 6. The fourth-order valence-corrected chi connectivity index (χ4v) is 3.98. The zero-order valence-corrected chi connectivity index (χ0v) is 18.2. The van der Waals surface area contributed by atoms with Gasteiger partial charge in [-0.3, -0.25) is 9.59 Å². The lowest BCUT2D eigenvalue weighted by Gasteiger charge is -2.09. The van der Waals surface area contributed by atoms with Gasteiger partial charge in [-0.25, -0.2) is 9.37 Å². The van der Waals surface area contributed by atoms with Crippen LogP contribution in [-0.4, -0.2) is 20.5 Å². The highest BCUT2D eigenvalue weighted by Crippen LogP contribution is 2.20. The first-order chi connectivity index (χ1) is 15.5. The molecule has 0 saturated heterocycles. The van der Waals surface area contributed by atoms with E-state index in [-0.39, 0.29) is 18.1 Å². The fourth-order valence-electron chi connectivity index (χ4n) is 3.02. The third-order valence-electron chi connectivity index (χ3n) is 4.67. The minimum absolute atomic E-state index is 0.100. The van der Waals surface area contributed by atoms with Gasteiger partial charge in [0, 0.05) is 29.8 Å². The van der Waals surface area contributed by atoms with Gasteiger partial charge in [0.1, 0.15) is 23.2 Å². The molecule has 4 aromatic rings. The van der Waals surface area contributed by atoms with Gasteiger partial charge in [0.05, 0.1) is 5.69 Å². The van der Waals surface area contributed by atoms with E-state index in [1.54, 1.807) is 24.3 Å². The number of anilines is 1. The molecule has 0 aliphatic carbocycles. The number of aryl methyl sites for hydroxylation is 1. The smallest absolute Gasteiger partial charge is 0.275 e. The molecule has 0 unspecified atom stereocenters. The first-order valence-corrected chi connectivity index (χ1v) is 11.0. The highest BCUT2D eigenvalue weighted by molar-refractivity contribution is 7.16. The Balaban J connectivity index is 1.43. The van der Waals surface area contributed by atoms with E-state index < -0.39 is 5.82 Å². The van der Waals surface area contributed by atoms with Crippen LogP contribution in [0.1, 0.15) is 40.8 Å². The van der Waals surface area contributed by atoms with E-state index in [9.17, 15) is 14.0 Å². The Kier molecular flexibility index (Phi) is 6.55. The molecule has 0 atom stereocenters. The molecule has 0 bridgehead atoms. The molecular formula is C23H21FN4O3S. The van der Waals surface area contributed by atoms with Crippen LogP contribution in [0.15, 0.2) is 59.4 Å². The Morgan fingerprint density at radius 3 is 2.78 bits per heavy atom. The van der Waals surface area contributed by atoms with Crippen LogP contribution in [0.4, 0.5) is 10.1 Å². The Labute approximate surface area is 187 Å². The number of aromatic nitrogens is 3. The predicted octanol–water partition coefficient (Wildman–Crippen LogP) is 4.46. The standard InChI is InChI=1S/C23H21FN4O3S/c1-2-3-7-20-27-28-21(29)13-18(26-23(28)32-20)14-31-19-6-4-5-17(12-19)25-22(30)15-8-10-16(24)11-9-15/h4-6,8-13H,2-3,7,14H2,1H3,(H,25,30). The lowest BCUT2D eigenvalue weighted by molar-refractivity contribution is 0.102. The van der Waals surface area contributed by atoms with Crippen LogP contribution in [0.3, 0.4) is 0 Å². The van der Waals surface area contributed by atoms with Crippen LogP contribution in [0.2, 0.25) is 0 Å². The van der Waals surface area contributed by atoms with Crippen LogP contribution in [0, 0.1) is 5.82 Å². The van der Waals surface area contributed by atoms with Crippen molar-refractivity contribution in [2.75, 3.05) is 5.32 Å². The van der Waals surface area contributed by atoms with Crippen molar-refractivity contribution in [1.29, 1.82) is 0 Å². The van der Waals surface area contributed by atoms with Crippen LogP contribution < -0.4 is 15.6 Å². The molecule has 0 fully saturated rings. The quantitative estimate of drug-likeness (QED) is 0.427. The number of hydrogen-bond donors (Lipinski definition) is 1. The molecule has 0 saturated carbocycles. The Bertz CT molecular complexity index is 1300. The second-order valence-electron chi connectivity index (χ2n) is 7.16. The topological polar surface area (TPSA) is 85.6 Å². The number of rotatable bonds is 8. The number of amides is 1. The summed E-state index contributed by atoms with van der Waals surface area (Å²) >= 11 is 1.41. The Morgan fingerprint density at radius 1 is 1.19 bits per heavy atom. The third-order valence-corrected chi connectivity index (χ3v) is 5.64. The van der Waals surface area contributed by atoms with Crippen molar-refractivity contribution < 1.29 is 13.9 Å². The second-order valence-corrected chi connectivity index (χ2v) is 8.20. The number of halogens is 1. The fraction of sp³-hybridized carbons (Fsp3) is 0.217. The highest BCUT2D eigenvalue weighted by Gasteiger charge is 2.10. The second kappa shape index (κ2) is 9.69. The van der Waals surface area contributed by atoms with E-state index in [1.165, 1.54) is 46.2 Å². The number of fused-ring (bicyclic) bond motifs is 1. The summed E-state index contributed by atoms with van der Waals surface area (Å²) in [7, 11) is 0. The number of ether oxygens (including phenoxy) is 1. The monoisotopic (exact) mass is 452 g/mol. The molecule has 0 radical (unpaired) electrons. The van der Waals surface area contributed by atoms with Gasteiger partial charge in [-0.05, 0) is 42.8 Å². The summed E-state index contributed by atoms with van der Waals surface area (Å²) in [5.74, 6) is -0.248. The molecule has 164 valence electrons. The SMILES string of the molecule is CCCCc1nn2c(=O)cc(COc3cccc(NC(=O)c4ccc(F)cc4)c3)nc2s1. The molecule has 32 heavy (non-hydrogen) atoms. The van der Waals surface area contributed by atoms with Crippen molar-refractivity contribution >= 4 is 27.9 Å². The summed E-state index contributed by atoms with van der Waals surface area (Å²) < 4.78 is 20.1. The third kappa shape index (κ3) is 5.17. The molecule has 2 aromatic carbocycles. The Morgan fingerprint density at radius 2 is 2.00 bits per heavy atom. The number of nitrogens with one attached hydrogen (secondary N) is 1. The molecule has 1 amide bonds. The molecule has 2 aromatic heterocycles. The van der Waals surface area contributed by atoms with Gasteiger partial charge in [-0.15, -0.1) is 0 Å². The minimum atomic E-state index is -0.404. The molecular weight excluding hydrogens is 431 g/mol. The average molecular weight is 453 g/mol. The van der Waals surface area contributed by atoms with Gasteiger partial charge in [0.15, 0.2) is 0 Å². The molecule has 2 heterocycles. The number of carbonyl (C=O) groups is 1. The molecule has 7 nitrogen and oxygen atoms in total. The van der Waals surface area contributed by atoms with E-state index in [0.717, 1.165) is 24.3 Å². The number of benzene rings is 2. The molecule has 0 spiro atoms. The van der Waals surface area contributed by atoms with Crippen molar-refractivity contribution in [2.45, 2.75) is 32.8 Å². The maximum Gasteiger partial charge on any atom is 0.275 e. The molecule has 0 aliphatic heterocycles. The maximum absolute atomic E-state index is 13.0. The maximum atomic E-state index is 13.0. The lowest BCUT2D eigenvalue weighted by atomic mass is 10.2. The molecule has 4 rings (SSSR count). The predicted molar refractivity (Wildman–Crippen MR) is 121 cm³/mol. The van der Waals surface area contributed by atoms with E-state index in [4.69, 9.17) is 4.74 Å². The van der Waals surface area contributed by atoms with Gasteiger partial charge in [-0.2, -0.15) is 9.61 Å². The summed E-state index contributed by atoms with van der Waals surface area (Å²) in [6.07, 6.45) is 2.89. The van der Waals surface area contributed by atoms with Crippen molar-refractivity contribution in [1.82, 2.24) is 14.6 Å². The van der Waals surface area contributed by atoms with Crippen LogP contribution in [0.5, 0.6) is 5.75 Å². The number of nitrogens with zero attached hydrogens (tertiary/aromatic N) is 3. The van der Waals surface area contributed by atoms with Gasteiger partial charge < -0.3 is 10.1 Å². The Hall–Kier alpha value is -3.59. The molecule has 1 N–H and O–H groups in total. The normalized spacial score (nSPS) is 10.9. The lowest BCUT2D eigenvalue weighted by Crippen LogP contribution is -2.16. The molecule has 0 aliphatic rings. The summed E-state index contributed by atoms with van der Waals surface area (Å²) in [5, 5.41) is 7.98. The van der Waals surface area contributed by atoms with Gasteiger partial charge >= 0.3 is 0 Å². The van der Waals surface area contributed by atoms with Crippen LogP contribution >= 0.6 is 11.3 Å². The van der Waals surface area contributed by atoms with Crippen LogP contribution in [0.25, 0.3) is 4.96 Å². The summed E-state index contributed by atoms with van der Waals surface area (Å²) in [6, 6.07) is 13.6.